The summed E-state index contributed by atoms with van der Waals surface area (Å²) in [5, 5.41) is 33.7. The molecule has 2 aliphatic rings. The van der Waals surface area contributed by atoms with Gasteiger partial charge in [-0.15, -0.1) is 0 Å². The largest absolute Gasteiger partial charge is 0.867 e. The van der Waals surface area contributed by atoms with Crippen molar-refractivity contribution in [2.24, 2.45) is 0 Å². The Kier molecular flexibility index (Phi) is 10.9. The van der Waals surface area contributed by atoms with E-state index in [9.17, 15) is 4.32 Å². The fourth-order valence-corrected chi connectivity index (χ4v) is 3.10. The molecule has 2 aliphatic heterocycles. The van der Waals surface area contributed by atoms with Crippen LogP contribution < -0.4 is 19.8 Å². The number of nitrogens with zero attached hydrogens (tertiary/aromatic N) is 6. The van der Waals surface area contributed by atoms with E-state index in [4.69, 9.17) is 30.3 Å². The number of rotatable bonds is 2. The Morgan fingerprint density at radius 2 is 0.969 bits per heavy atom. The molecule has 168 valence electrons. The number of hydrogen-bond donors (Lipinski definition) is 0. The Labute approximate surface area is 186 Å². The Morgan fingerprint density at radius 3 is 1.22 bits per heavy atom. The van der Waals surface area contributed by atoms with Crippen molar-refractivity contribution in [3.63, 3.8) is 0 Å². The number of benzene rings is 2. The van der Waals surface area contributed by atoms with Crippen LogP contribution in [0.3, 0.4) is 0 Å². The predicted octanol–water partition coefficient (Wildman–Crippen LogP) is 1.68. The summed E-state index contributed by atoms with van der Waals surface area (Å²) in [5.41, 5.74) is 3.48. The lowest BCUT2D eigenvalue weighted by Gasteiger charge is -2.28. The summed E-state index contributed by atoms with van der Waals surface area (Å²) in [6, 6.07) is 15.0. The Hall–Kier alpha value is -3.29. The van der Waals surface area contributed by atoms with E-state index in [2.05, 4.69) is 19.8 Å². The molecule has 12 heteroatoms. The van der Waals surface area contributed by atoms with Gasteiger partial charge in [-0.05, 0) is 24.3 Å². The average Bonchev–Trinajstić information content (AvgIpc) is 2.85. The molecular weight excluding hydrogens is 418 g/mol. The van der Waals surface area contributed by atoms with Gasteiger partial charge in [0.2, 0.25) is 10.8 Å². The molecule has 32 heavy (non-hydrogen) atoms. The van der Waals surface area contributed by atoms with Gasteiger partial charge in [0, 0.05) is 61.8 Å². The Balaban J connectivity index is 0.000000195. The van der Waals surface area contributed by atoms with Crippen molar-refractivity contribution in [3.05, 3.63) is 58.5 Å². The van der Waals surface area contributed by atoms with E-state index in [0.717, 1.165) is 64.0 Å². The molecule has 0 unspecified atom stereocenters. The zero-order valence-corrected chi connectivity index (χ0v) is 17.5. The third-order valence-electron chi connectivity index (χ3n) is 4.68. The van der Waals surface area contributed by atoms with Gasteiger partial charge in [0.15, 0.2) is 9.95 Å². The highest BCUT2D eigenvalue weighted by atomic mass is 19.1. The second-order valence-corrected chi connectivity index (χ2v) is 6.71. The first-order valence-electron chi connectivity index (χ1n) is 10.0. The SMILES string of the molecule is N#[N+]c1ccc(N2CCOCC2)cc1.N#[N+]c1ccc(N2CCOCC2)cc1.[O-]B([O-])F. The standard InChI is InChI=1S/2C10H12N3O.BFO2/c2*11-12-9-1-3-10(4-2-9)13-5-7-14-8-6-13;2-1(3)4/h2*1-4H,5-8H2;/q2*+1;-2. The van der Waals surface area contributed by atoms with Crippen molar-refractivity contribution < 1.29 is 23.8 Å². The van der Waals surface area contributed by atoms with Crippen LogP contribution >= 0.6 is 0 Å². The fraction of sp³-hybridized carbons (Fsp3) is 0.400. The summed E-state index contributed by atoms with van der Waals surface area (Å²) in [5.74, 6) is 0. The number of hydrogen-bond acceptors (Lipinski definition) is 8. The van der Waals surface area contributed by atoms with Crippen molar-refractivity contribution in [2.45, 2.75) is 0 Å². The van der Waals surface area contributed by atoms with Crippen LogP contribution in [0.15, 0.2) is 48.5 Å². The molecular formula is C20H24BFN6O4. The van der Waals surface area contributed by atoms with E-state index in [-0.39, 0.29) is 0 Å². The van der Waals surface area contributed by atoms with Gasteiger partial charge < -0.3 is 33.6 Å². The first-order chi connectivity index (χ1) is 15.5. The molecule has 0 N–H and O–H groups in total. The summed E-state index contributed by atoms with van der Waals surface area (Å²) in [7, 11) is -3.17. The second kappa shape index (κ2) is 13.9. The molecule has 0 amide bonds. The van der Waals surface area contributed by atoms with Gasteiger partial charge in [0.05, 0.1) is 26.4 Å². The smallest absolute Gasteiger partial charge is 0.385 e. The topological polar surface area (TPSA) is 127 Å². The molecule has 2 heterocycles. The van der Waals surface area contributed by atoms with Crippen molar-refractivity contribution in [1.29, 1.82) is 10.8 Å². The van der Waals surface area contributed by atoms with Crippen LogP contribution in [-0.2, 0) is 9.47 Å². The molecule has 0 aliphatic carbocycles. The minimum absolute atomic E-state index is 0.585. The van der Waals surface area contributed by atoms with Gasteiger partial charge in [0.25, 0.3) is 0 Å². The number of diazo groups is 2. The van der Waals surface area contributed by atoms with E-state index in [0.29, 0.717) is 11.4 Å². The zero-order valence-electron chi connectivity index (χ0n) is 17.5. The van der Waals surface area contributed by atoms with Crippen LogP contribution in [-0.4, -0.2) is 60.0 Å². The van der Waals surface area contributed by atoms with Gasteiger partial charge in [-0.3, -0.25) is 0 Å². The monoisotopic (exact) mass is 442 g/mol. The molecule has 0 bridgehead atoms. The summed E-state index contributed by atoms with van der Waals surface area (Å²) in [6.45, 7) is 6.84. The number of ether oxygens (including phenoxy) is 2. The lowest BCUT2D eigenvalue weighted by atomic mass is 10.2. The molecule has 2 aromatic rings. The van der Waals surface area contributed by atoms with Gasteiger partial charge >= 0.3 is 11.4 Å². The maximum atomic E-state index is 9.89. The Bertz CT molecular complexity index is 803. The zero-order chi connectivity index (χ0) is 23.2. The van der Waals surface area contributed by atoms with Crippen LogP contribution in [0.25, 0.3) is 9.95 Å². The van der Waals surface area contributed by atoms with Crippen molar-refractivity contribution in [2.75, 3.05) is 62.4 Å². The van der Waals surface area contributed by atoms with Gasteiger partial charge in [-0.25, -0.2) is 0 Å². The summed E-state index contributed by atoms with van der Waals surface area (Å²) >= 11 is 0. The first-order valence-corrected chi connectivity index (χ1v) is 10.0. The quantitative estimate of drug-likeness (QED) is 0.508. The van der Waals surface area contributed by atoms with Crippen molar-refractivity contribution in [3.8, 4) is 0 Å². The van der Waals surface area contributed by atoms with Crippen LogP contribution in [0.4, 0.5) is 27.1 Å². The minimum Gasteiger partial charge on any atom is -0.867 e. The lowest BCUT2D eigenvalue weighted by molar-refractivity contribution is -0.366. The second-order valence-electron chi connectivity index (χ2n) is 6.71. The van der Waals surface area contributed by atoms with Gasteiger partial charge in [-0.1, -0.05) is 0 Å². The normalized spacial score (nSPS) is 15.2. The van der Waals surface area contributed by atoms with E-state index in [1.54, 1.807) is 24.3 Å². The van der Waals surface area contributed by atoms with Crippen LogP contribution in [0, 0.1) is 10.8 Å². The van der Waals surface area contributed by atoms with Crippen molar-refractivity contribution in [1.82, 2.24) is 0 Å². The number of morpholine rings is 2. The molecule has 0 spiro atoms. The molecule has 0 saturated carbocycles. The molecule has 2 aromatic carbocycles. The highest BCUT2D eigenvalue weighted by molar-refractivity contribution is 6.27. The maximum absolute atomic E-state index is 9.89. The van der Waals surface area contributed by atoms with Gasteiger partial charge in [-0.2, -0.15) is 0 Å². The molecule has 2 fully saturated rings. The third-order valence-corrected chi connectivity index (χ3v) is 4.68. The molecule has 0 radical (unpaired) electrons. The molecule has 2 saturated heterocycles. The molecule has 0 aromatic heterocycles. The highest BCUT2D eigenvalue weighted by Gasteiger charge is 2.13. The average molecular weight is 442 g/mol. The maximum Gasteiger partial charge on any atom is 0.385 e. The molecule has 0 atom stereocenters. The number of anilines is 2. The predicted molar refractivity (Wildman–Crippen MR) is 115 cm³/mol. The van der Waals surface area contributed by atoms with Crippen LogP contribution in [0.5, 0.6) is 0 Å². The van der Waals surface area contributed by atoms with E-state index >= 15 is 0 Å². The third kappa shape index (κ3) is 8.84. The summed E-state index contributed by atoms with van der Waals surface area (Å²) < 4.78 is 20.4. The van der Waals surface area contributed by atoms with E-state index in [1.165, 1.54) is 0 Å². The highest BCUT2D eigenvalue weighted by Crippen LogP contribution is 2.21. The minimum atomic E-state index is -3.17. The Morgan fingerprint density at radius 1 is 0.688 bits per heavy atom. The van der Waals surface area contributed by atoms with E-state index < -0.39 is 7.40 Å². The summed E-state index contributed by atoms with van der Waals surface area (Å²) in [4.78, 5) is 10.7. The first kappa shape index (κ1) is 25.0. The van der Waals surface area contributed by atoms with Crippen LogP contribution in [0.1, 0.15) is 0 Å². The van der Waals surface area contributed by atoms with Crippen molar-refractivity contribution >= 4 is 30.1 Å². The number of halogens is 1. The fourth-order valence-electron chi connectivity index (χ4n) is 3.10. The lowest BCUT2D eigenvalue weighted by Crippen LogP contribution is -2.39. The molecule has 10 nitrogen and oxygen atoms in total. The van der Waals surface area contributed by atoms with Crippen LogP contribution in [0.2, 0.25) is 0 Å². The van der Waals surface area contributed by atoms with E-state index in [1.807, 2.05) is 24.3 Å². The molecule has 4 rings (SSSR count). The van der Waals surface area contributed by atoms with Gasteiger partial charge in [0.1, 0.15) is 7.40 Å². The summed E-state index contributed by atoms with van der Waals surface area (Å²) in [6.07, 6.45) is 0.